The van der Waals surface area contributed by atoms with Gasteiger partial charge in [-0.05, 0) is 39.1 Å². The summed E-state index contributed by atoms with van der Waals surface area (Å²) in [6.45, 7) is 6.92. The second-order valence-corrected chi connectivity index (χ2v) is 7.82. The average Bonchev–Trinajstić information content (AvgIpc) is 3.22. The predicted octanol–water partition coefficient (Wildman–Crippen LogP) is 0.484. The van der Waals surface area contributed by atoms with E-state index in [2.05, 4.69) is 10.3 Å². The van der Waals surface area contributed by atoms with Crippen LogP contribution in [0.25, 0.3) is 0 Å². The van der Waals surface area contributed by atoms with Crippen LogP contribution in [0.3, 0.4) is 0 Å². The van der Waals surface area contributed by atoms with Gasteiger partial charge in [0, 0.05) is 12.1 Å². The van der Waals surface area contributed by atoms with Crippen LogP contribution in [0.15, 0.2) is 29.3 Å². The Hall–Kier alpha value is -2.06. The highest BCUT2D eigenvalue weighted by Gasteiger charge is 2.38. The number of carbonyl (C=O) groups is 1. The zero-order valence-electron chi connectivity index (χ0n) is 15.5. The molecule has 2 heterocycles. The lowest BCUT2D eigenvalue weighted by molar-refractivity contribution is 0.0206. The minimum Gasteiger partial charge on any atom is -0.444 e. The summed E-state index contributed by atoms with van der Waals surface area (Å²) in [6, 6.07) is 7.07. The molecule has 1 fully saturated rings. The van der Waals surface area contributed by atoms with Crippen molar-refractivity contribution in [3.05, 3.63) is 29.8 Å². The van der Waals surface area contributed by atoms with Crippen molar-refractivity contribution < 1.29 is 19.6 Å². The molecule has 0 aromatic heterocycles. The van der Waals surface area contributed by atoms with Crippen molar-refractivity contribution in [1.82, 2.24) is 10.2 Å². The molecule has 2 aliphatic rings. The number of likely N-dealkylation sites (tertiary alicyclic amines) is 1. The van der Waals surface area contributed by atoms with Gasteiger partial charge in [0.15, 0.2) is 0 Å². The number of carbonyl (C=O) groups excluding carboxylic acids is 1. The molecular weight excluding hydrogens is 333 g/mol. The Kier molecular flexibility index (Phi) is 5.25. The van der Waals surface area contributed by atoms with Crippen LogP contribution in [0.2, 0.25) is 0 Å². The van der Waals surface area contributed by atoms with Crippen LogP contribution in [-0.4, -0.2) is 64.8 Å². The van der Waals surface area contributed by atoms with Crippen molar-refractivity contribution in [2.45, 2.75) is 51.3 Å². The van der Waals surface area contributed by atoms with Crippen molar-refractivity contribution in [3.63, 3.8) is 0 Å². The lowest BCUT2D eigenvalue weighted by atomic mass is 9.80. The molecule has 2 aliphatic heterocycles. The van der Waals surface area contributed by atoms with Gasteiger partial charge >= 0.3 is 13.2 Å². The minimum absolute atomic E-state index is 0.0585. The average molecular weight is 359 g/mol. The second kappa shape index (κ2) is 7.29. The molecule has 1 saturated heterocycles. The number of hydrogen-bond acceptors (Lipinski definition) is 6. The third kappa shape index (κ3) is 4.19. The highest BCUT2D eigenvalue weighted by molar-refractivity contribution is 6.58. The molecule has 0 spiro atoms. The van der Waals surface area contributed by atoms with Gasteiger partial charge in [-0.3, -0.25) is 4.99 Å². The van der Waals surface area contributed by atoms with Gasteiger partial charge in [0.25, 0.3) is 0 Å². The molecular formula is C18H26BN3O4. The molecule has 0 aliphatic carbocycles. The third-order valence-corrected chi connectivity index (χ3v) is 4.64. The van der Waals surface area contributed by atoms with Crippen LogP contribution < -0.4 is 10.8 Å². The molecule has 2 atom stereocenters. The summed E-state index contributed by atoms with van der Waals surface area (Å²) < 4.78 is 5.53. The number of rotatable bonds is 3. The fourth-order valence-corrected chi connectivity index (χ4v) is 3.42. The number of benzene rings is 1. The molecule has 0 radical (unpaired) electrons. The molecule has 140 valence electrons. The van der Waals surface area contributed by atoms with Gasteiger partial charge in [-0.1, -0.05) is 24.3 Å². The Morgan fingerprint density at radius 3 is 2.62 bits per heavy atom. The topological polar surface area (TPSA) is 94.4 Å². The first-order chi connectivity index (χ1) is 12.2. The summed E-state index contributed by atoms with van der Waals surface area (Å²) in [6.07, 6.45) is 1.62. The van der Waals surface area contributed by atoms with E-state index in [0.717, 1.165) is 24.2 Å². The molecule has 0 bridgehead atoms. The third-order valence-electron chi connectivity index (χ3n) is 4.64. The monoisotopic (exact) mass is 359 g/mol. The van der Waals surface area contributed by atoms with E-state index in [0.29, 0.717) is 18.6 Å². The number of nitrogens with zero attached hydrogens (tertiary/aromatic N) is 2. The number of hydrogen-bond donors (Lipinski definition) is 3. The predicted molar refractivity (Wildman–Crippen MR) is 101 cm³/mol. The van der Waals surface area contributed by atoms with Gasteiger partial charge in [0.1, 0.15) is 11.4 Å². The maximum Gasteiger partial charge on any atom is 0.488 e. The van der Waals surface area contributed by atoms with Gasteiger partial charge in [-0.15, -0.1) is 0 Å². The fourth-order valence-electron chi connectivity index (χ4n) is 3.42. The highest BCUT2D eigenvalue weighted by atomic mass is 16.6. The van der Waals surface area contributed by atoms with Gasteiger partial charge in [-0.2, -0.15) is 0 Å². The first kappa shape index (κ1) is 18.7. The summed E-state index contributed by atoms with van der Waals surface area (Å²) in [4.78, 5) is 18.9. The van der Waals surface area contributed by atoms with Crippen LogP contribution >= 0.6 is 0 Å². The zero-order chi connectivity index (χ0) is 18.9. The quantitative estimate of drug-likeness (QED) is 0.683. The SMILES string of the molecule is CC(C)(C)OC(=O)N1CCCC1C1CN=C(c2ccc(B(O)O)cc2)N1. The smallest absolute Gasteiger partial charge is 0.444 e. The summed E-state index contributed by atoms with van der Waals surface area (Å²) in [5.41, 5.74) is 0.822. The maximum atomic E-state index is 12.5. The molecule has 0 saturated carbocycles. The lowest BCUT2D eigenvalue weighted by Gasteiger charge is -2.31. The summed E-state index contributed by atoms with van der Waals surface area (Å²) in [5, 5.41) is 21.8. The van der Waals surface area contributed by atoms with Crippen LogP contribution in [0.1, 0.15) is 39.2 Å². The van der Waals surface area contributed by atoms with E-state index in [1.54, 1.807) is 12.1 Å². The van der Waals surface area contributed by atoms with Crippen molar-refractivity contribution in [3.8, 4) is 0 Å². The number of amides is 1. The molecule has 3 N–H and O–H groups in total. The molecule has 1 amide bonds. The van der Waals surface area contributed by atoms with Gasteiger partial charge in [0.05, 0.1) is 18.6 Å². The van der Waals surface area contributed by atoms with Crippen molar-refractivity contribution in [1.29, 1.82) is 0 Å². The Bertz CT molecular complexity index is 685. The number of amidine groups is 1. The number of aliphatic imine (C=N–C) groups is 1. The molecule has 1 aromatic carbocycles. The Labute approximate surface area is 154 Å². The first-order valence-electron chi connectivity index (χ1n) is 9.02. The summed E-state index contributed by atoms with van der Waals surface area (Å²) >= 11 is 0. The molecule has 7 nitrogen and oxygen atoms in total. The minimum atomic E-state index is -1.48. The number of nitrogens with one attached hydrogen (secondary N) is 1. The van der Waals surface area contributed by atoms with Gasteiger partial charge in [-0.25, -0.2) is 4.79 Å². The van der Waals surface area contributed by atoms with Crippen LogP contribution in [0, 0.1) is 0 Å². The standard InChI is InChI=1S/C18H26BN3O4/c1-18(2,3)26-17(23)22-10-4-5-15(22)14-11-20-16(21-14)12-6-8-13(9-7-12)19(24)25/h6-9,14-15,24-25H,4-5,10-11H2,1-3H3,(H,20,21). The Balaban J connectivity index is 1.64. The van der Waals surface area contributed by atoms with E-state index < -0.39 is 12.7 Å². The summed E-state index contributed by atoms with van der Waals surface area (Å²) in [5.74, 6) is 0.769. The van der Waals surface area contributed by atoms with Crippen molar-refractivity contribution >= 4 is 24.5 Å². The van der Waals surface area contributed by atoms with E-state index in [-0.39, 0.29) is 18.2 Å². The molecule has 2 unspecified atom stereocenters. The Morgan fingerprint density at radius 2 is 2.00 bits per heavy atom. The van der Waals surface area contributed by atoms with Crippen LogP contribution in [-0.2, 0) is 4.74 Å². The molecule has 1 aromatic rings. The first-order valence-corrected chi connectivity index (χ1v) is 9.02. The zero-order valence-corrected chi connectivity index (χ0v) is 15.5. The van der Waals surface area contributed by atoms with Crippen molar-refractivity contribution in [2.24, 2.45) is 4.99 Å². The number of ether oxygens (including phenoxy) is 1. The van der Waals surface area contributed by atoms with Crippen LogP contribution in [0.5, 0.6) is 0 Å². The van der Waals surface area contributed by atoms with Gasteiger partial charge in [0.2, 0.25) is 0 Å². The van der Waals surface area contributed by atoms with Crippen molar-refractivity contribution in [2.75, 3.05) is 13.1 Å². The normalized spacial score (nSPS) is 22.8. The van der Waals surface area contributed by atoms with E-state index in [9.17, 15) is 14.8 Å². The van der Waals surface area contributed by atoms with E-state index in [1.807, 2.05) is 37.8 Å². The molecule has 8 heteroatoms. The Morgan fingerprint density at radius 1 is 1.31 bits per heavy atom. The summed E-state index contributed by atoms with van der Waals surface area (Å²) in [7, 11) is -1.48. The molecule has 26 heavy (non-hydrogen) atoms. The van der Waals surface area contributed by atoms with Gasteiger partial charge < -0.3 is 25.0 Å². The van der Waals surface area contributed by atoms with E-state index in [1.165, 1.54) is 0 Å². The van der Waals surface area contributed by atoms with E-state index in [4.69, 9.17) is 4.74 Å². The lowest BCUT2D eigenvalue weighted by Crippen LogP contribution is -2.50. The second-order valence-electron chi connectivity index (χ2n) is 7.82. The van der Waals surface area contributed by atoms with E-state index >= 15 is 0 Å². The molecule has 3 rings (SSSR count). The largest absolute Gasteiger partial charge is 0.488 e. The fraction of sp³-hybridized carbons (Fsp3) is 0.556. The maximum absolute atomic E-state index is 12.5. The van der Waals surface area contributed by atoms with Crippen LogP contribution in [0.4, 0.5) is 4.79 Å². The highest BCUT2D eigenvalue weighted by Crippen LogP contribution is 2.25.